The van der Waals surface area contributed by atoms with Crippen molar-refractivity contribution in [2.75, 3.05) is 0 Å². The van der Waals surface area contributed by atoms with Gasteiger partial charge in [-0.05, 0) is 24.3 Å². The third-order valence-corrected chi connectivity index (χ3v) is 2.73. The summed E-state index contributed by atoms with van der Waals surface area (Å²) in [4.78, 5) is 10.7. The third-order valence-electron chi connectivity index (χ3n) is 2.40. The smallest absolute Gasteiger partial charge is 0.346 e. The SMILES string of the molecule is N#C/C(=C/c1ccc(-c2ccccc2Cl)o1)C(=O)O. The first-order valence-corrected chi connectivity index (χ1v) is 5.69. The Hall–Kier alpha value is -2.51. The number of carboxylic acid groups (broad SMARTS) is 1. The van der Waals surface area contributed by atoms with Crippen molar-refractivity contribution in [1.29, 1.82) is 5.26 Å². The third kappa shape index (κ3) is 2.84. The van der Waals surface area contributed by atoms with E-state index >= 15 is 0 Å². The molecule has 0 fully saturated rings. The minimum atomic E-state index is -1.29. The number of carbonyl (C=O) groups is 1. The van der Waals surface area contributed by atoms with E-state index in [0.717, 1.165) is 0 Å². The molecule has 5 heteroatoms. The number of nitrogens with zero attached hydrogens (tertiary/aromatic N) is 1. The molecule has 0 aliphatic carbocycles. The van der Waals surface area contributed by atoms with Crippen LogP contribution in [-0.4, -0.2) is 11.1 Å². The zero-order valence-corrected chi connectivity index (χ0v) is 10.4. The molecule has 1 aromatic carbocycles. The summed E-state index contributed by atoms with van der Waals surface area (Å²) in [6, 6.07) is 12.0. The molecule has 0 aliphatic heterocycles. The molecule has 0 saturated carbocycles. The van der Waals surface area contributed by atoms with E-state index in [1.807, 2.05) is 6.07 Å². The Labute approximate surface area is 114 Å². The fourth-order valence-corrected chi connectivity index (χ4v) is 1.75. The van der Waals surface area contributed by atoms with E-state index in [-0.39, 0.29) is 11.3 Å². The van der Waals surface area contributed by atoms with Gasteiger partial charge in [0.1, 0.15) is 23.2 Å². The Morgan fingerprint density at radius 2 is 2.05 bits per heavy atom. The summed E-state index contributed by atoms with van der Waals surface area (Å²) in [7, 11) is 0. The Morgan fingerprint density at radius 1 is 1.32 bits per heavy atom. The zero-order chi connectivity index (χ0) is 13.8. The predicted octanol–water partition coefficient (Wildman–Crippen LogP) is 3.59. The van der Waals surface area contributed by atoms with Crippen molar-refractivity contribution in [3.8, 4) is 17.4 Å². The van der Waals surface area contributed by atoms with Gasteiger partial charge >= 0.3 is 5.97 Å². The number of nitriles is 1. The van der Waals surface area contributed by atoms with Crippen LogP contribution in [0.15, 0.2) is 46.4 Å². The summed E-state index contributed by atoms with van der Waals surface area (Å²) in [5.41, 5.74) is 0.317. The lowest BCUT2D eigenvalue weighted by Crippen LogP contribution is -1.96. The van der Waals surface area contributed by atoms with Crippen molar-refractivity contribution in [3.05, 3.63) is 52.8 Å². The van der Waals surface area contributed by atoms with Gasteiger partial charge in [-0.1, -0.05) is 23.7 Å². The van der Waals surface area contributed by atoms with Crippen LogP contribution >= 0.6 is 11.6 Å². The van der Waals surface area contributed by atoms with E-state index in [2.05, 4.69) is 0 Å². The number of hydrogen-bond acceptors (Lipinski definition) is 3. The van der Waals surface area contributed by atoms with Gasteiger partial charge in [-0.3, -0.25) is 0 Å². The average molecular weight is 274 g/mol. The lowest BCUT2D eigenvalue weighted by atomic mass is 10.2. The van der Waals surface area contributed by atoms with Gasteiger partial charge in [-0.25, -0.2) is 4.79 Å². The number of rotatable bonds is 3. The molecule has 4 nitrogen and oxygen atoms in total. The van der Waals surface area contributed by atoms with E-state index in [1.54, 1.807) is 36.4 Å². The standard InChI is InChI=1S/C14H8ClNO3/c15-12-4-2-1-3-11(12)13-6-5-10(19-13)7-9(8-16)14(17)18/h1-7H,(H,17,18)/b9-7-. The molecular formula is C14H8ClNO3. The summed E-state index contributed by atoms with van der Waals surface area (Å²) >= 11 is 6.03. The number of halogens is 1. The highest BCUT2D eigenvalue weighted by molar-refractivity contribution is 6.33. The molecule has 0 saturated heterocycles. The van der Waals surface area contributed by atoms with Gasteiger partial charge in [-0.15, -0.1) is 0 Å². The summed E-state index contributed by atoms with van der Waals surface area (Å²) in [6.45, 7) is 0. The molecular weight excluding hydrogens is 266 g/mol. The van der Waals surface area contributed by atoms with Crippen LogP contribution in [0.3, 0.4) is 0 Å². The largest absolute Gasteiger partial charge is 0.477 e. The molecule has 1 N–H and O–H groups in total. The molecule has 2 rings (SSSR count). The summed E-state index contributed by atoms with van der Waals surface area (Å²) in [5.74, 6) is -0.494. The lowest BCUT2D eigenvalue weighted by Gasteiger charge is -1.98. The fourth-order valence-electron chi connectivity index (χ4n) is 1.52. The fraction of sp³-hybridized carbons (Fsp3) is 0. The summed E-state index contributed by atoms with van der Waals surface area (Å²) in [6.07, 6.45) is 1.17. The predicted molar refractivity (Wildman–Crippen MR) is 70.4 cm³/mol. The zero-order valence-electron chi connectivity index (χ0n) is 9.63. The molecule has 1 heterocycles. The second-order valence-electron chi connectivity index (χ2n) is 3.66. The van der Waals surface area contributed by atoms with Gasteiger partial charge in [0.25, 0.3) is 0 Å². The van der Waals surface area contributed by atoms with Gasteiger partial charge in [0.2, 0.25) is 0 Å². The van der Waals surface area contributed by atoms with Gasteiger partial charge in [0, 0.05) is 11.6 Å². The number of benzene rings is 1. The highest BCUT2D eigenvalue weighted by Gasteiger charge is 2.10. The molecule has 0 aliphatic rings. The van der Waals surface area contributed by atoms with Crippen LogP contribution in [0.2, 0.25) is 5.02 Å². The first kappa shape index (κ1) is 12.9. The van der Waals surface area contributed by atoms with Gasteiger partial charge in [0.15, 0.2) is 0 Å². The van der Waals surface area contributed by atoms with E-state index in [4.69, 9.17) is 26.4 Å². The second kappa shape index (κ2) is 5.42. The normalized spacial score (nSPS) is 11.1. The van der Waals surface area contributed by atoms with E-state index in [1.165, 1.54) is 6.08 Å². The molecule has 1 aromatic heterocycles. The number of carboxylic acids is 1. The molecule has 2 aromatic rings. The maximum atomic E-state index is 10.7. The van der Waals surface area contributed by atoms with Gasteiger partial charge < -0.3 is 9.52 Å². The minimum absolute atomic E-state index is 0.286. The number of hydrogen-bond donors (Lipinski definition) is 1. The monoisotopic (exact) mass is 273 g/mol. The summed E-state index contributed by atoms with van der Waals surface area (Å²) in [5, 5.41) is 17.9. The van der Waals surface area contributed by atoms with Crippen molar-refractivity contribution in [1.82, 2.24) is 0 Å². The van der Waals surface area contributed by atoms with E-state index < -0.39 is 5.97 Å². The molecule has 0 atom stereocenters. The molecule has 19 heavy (non-hydrogen) atoms. The van der Waals surface area contributed by atoms with Crippen LogP contribution < -0.4 is 0 Å². The molecule has 94 valence electrons. The van der Waals surface area contributed by atoms with Crippen LogP contribution in [0.4, 0.5) is 0 Å². The Kier molecular flexibility index (Phi) is 3.69. The van der Waals surface area contributed by atoms with Crippen molar-refractivity contribution in [3.63, 3.8) is 0 Å². The number of aliphatic carboxylic acids is 1. The second-order valence-corrected chi connectivity index (χ2v) is 4.06. The quantitative estimate of drug-likeness (QED) is 0.685. The molecule has 0 amide bonds. The van der Waals surface area contributed by atoms with E-state index in [9.17, 15) is 4.79 Å². The Bertz CT molecular complexity index is 695. The highest BCUT2D eigenvalue weighted by atomic mass is 35.5. The van der Waals surface area contributed by atoms with Crippen LogP contribution in [0, 0.1) is 11.3 Å². The van der Waals surface area contributed by atoms with Crippen LogP contribution in [0.5, 0.6) is 0 Å². The highest BCUT2D eigenvalue weighted by Crippen LogP contribution is 2.29. The van der Waals surface area contributed by atoms with Crippen molar-refractivity contribution in [2.24, 2.45) is 0 Å². The molecule has 0 bridgehead atoms. The minimum Gasteiger partial charge on any atom is -0.477 e. The maximum absolute atomic E-state index is 10.7. The van der Waals surface area contributed by atoms with Crippen LogP contribution in [0.1, 0.15) is 5.76 Å². The van der Waals surface area contributed by atoms with Crippen LogP contribution in [-0.2, 0) is 4.79 Å². The van der Waals surface area contributed by atoms with Gasteiger partial charge in [0.05, 0.1) is 5.02 Å². The van der Waals surface area contributed by atoms with Crippen molar-refractivity contribution in [2.45, 2.75) is 0 Å². The lowest BCUT2D eigenvalue weighted by molar-refractivity contribution is -0.132. The average Bonchev–Trinajstić information content (AvgIpc) is 2.84. The topological polar surface area (TPSA) is 74.2 Å². The Balaban J connectivity index is 2.38. The van der Waals surface area contributed by atoms with Crippen molar-refractivity contribution < 1.29 is 14.3 Å². The maximum Gasteiger partial charge on any atom is 0.346 e. The number of furan rings is 1. The van der Waals surface area contributed by atoms with E-state index in [0.29, 0.717) is 16.3 Å². The Morgan fingerprint density at radius 3 is 2.68 bits per heavy atom. The molecule has 0 spiro atoms. The van der Waals surface area contributed by atoms with Crippen molar-refractivity contribution >= 4 is 23.6 Å². The first-order valence-electron chi connectivity index (χ1n) is 5.31. The molecule has 0 radical (unpaired) electrons. The first-order chi connectivity index (χ1) is 9.11. The molecule has 0 unspecified atom stereocenters. The summed E-state index contributed by atoms with van der Waals surface area (Å²) < 4.78 is 5.46. The van der Waals surface area contributed by atoms with Gasteiger partial charge in [-0.2, -0.15) is 5.26 Å². The van der Waals surface area contributed by atoms with Crippen LogP contribution in [0.25, 0.3) is 17.4 Å².